The summed E-state index contributed by atoms with van der Waals surface area (Å²) in [7, 11) is 2.00. The number of nitrogens with zero attached hydrogens (tertiary/aromatic N) is 2. The maximum absolute atomic E-state index is 7.95. The summed E-state index contributed by atoms with van der Waals surface area (Å²) in [5.74, 6) is 0.683. The third-order valence-corrected chi connectivity index (χ3v) is 4.19. The van der Waals surface area contributed by atoms with Crippen LogP contribution in [0.15, 0.2) is 48.5 Å². The van der Waals surface area contributed by atoms with E-state index >= 15 is 0 Å². The molecule has 0 aliphatic rings. The third-order valence-electron chi connectivity index (χ3n) is 4.19. The Morgan fingerprint density at radius 2 is 1.55 bits per heavy atom. The number of amidine groups is 1. The topological polar surface area (TPSA) is 40.0 Å². The second-order valence-corrected chi connectivity index (χ2v) is 5.60. The molecule has 1 aromatic heterocycles. The SMILES string of the molecule is CCC(=N)N(C)CCc1c2ccccc2nc2ccccc12. The Labute approximate surface area is 131 Å². The van der Waals surface area contributed by atoms with Crippen molar-refractivity contribution in [3.8, 4) is 0 Å². The number of benzene rings is 2. The van der Waals surface area contributed by atoms with Gasteiger partial charge in [-0.15, -0.1) is 0 Å². The molecule has 0 aliphatic carbocycles. The summed E-state index contributed by atoms with van der Waals surface area (Å²) in [5.41, 5.74) is 3.42. The van der Waals surface area contributed by atoms with E-state index in [9.17, 15) is 0 Å². The number of fused-ring (bicyclic) bond motifs is 2. The number of pyridine rings is 1. The molecule has 0 unspecified atom stereocenters. The lowest BCUT2D eigenvalue weighted by Crippen LogP contribution is -2.27. The lowest BCUT2D eigenvalue weighted by atomic mass is 10.00. The number of likely N-dealkylation sites (N-methyl/N-ethyl adjacent to an activating group) is 1. The van der Waals surface area contributed by atoms with E-state index in [1.54, 1.807) is 0 Å². The Bertz CT molecular complexity index is 769. The fraction of sp³-hybridized carbons (Fsp3) is 0.263. The first-order valence-corrected chi connectivity index (χ1v) is 7.75. The number of para-hydroxylation sites is 2. The molecule has 3 aromatic rings. The molecule has 2 aromatic carbocycles. The molecule has 0 bridgehead atoms. The lowest BCUT2D eigenvalue weighted by Gasteiger charge is -2.20. The van der Waals surface area contributed by atoms with Crippen molar-refractivity contribution in [2.45, 2.75) is 19.8 Å². The van der Waals surface area contributed by atoms with Gasteiger partial charge < -0.3 is 4.90 Å². The first-order valence-electron chi connectivity index (χ1n) is 7.75. The summed E-state index contributed by atoms with van der Waals surface area (Å²) >= 11 is 0. The van der Waals surface area contributed by atoms with E-state index in [0.717, 1.165) is 30.4 Å². The zero-order valence-corrected chi connectivity index (χ0v) is 13.1. The Morgan fingerprint density at radius 1 is 1.00 bits per heavy atom. The number of rotatable bonds is 4. The van der Waals surface area contributed by atoms with Gasteiger partial charge in [-0.2, -0.15) is 0 Å². The third kappa shape index (κ3) is 2.67. The molecule has 1 N–H and O–H groups in total. The van der Waals surface area contributed by atoms with Gasteiger partial charge in [-0.3, -0.25) is 5.41 Å². The predicted molar refractivity (Wildman–Crippen MR) is 93.6 cm³/mol. The summed E-state index contributed by atoms with van der Waals surface area (Å²) in [4.78, 5) is 6.79. The van der Waals surface area contributed by atoms with Gasteiger partial charge in [0.15, 0.2) is 0 Å². The zero-order valence-electron chi connectivity index (χ0n) is 13.1. The van der Waals surface area contributed by atoms with Crippen molar-refractivity contribution in [1.29, 1.82) is 5.41 Å². The molecule has 0 spiro atoms. The summed E-state index contributed by atoms with van der Waals surface area (Å²) in [6.45, 7) is 2.88. The standard InChI is InChI=1S/C19H21N3/c1-3-19(20)22(2)13-12-14-15-8-4-6-10-17(15)21-18-11-7-5-9-16(14)18/h4-11,20H,3,12-13H2,1-2H3. The fourth-order valence-electron chi connectivity index (χ4n) is 2.88. The first kappa shape index (κ1) is 14.5. The van der Waals surface area contributed by atoms with E-state index in [0.29, 0.717) is 5.84 Å². The maximum Gasteiger partial charge on any atom is 0.0952 e. The molecule has 1 heterocycles. The molecule has 0 radical (unpaired) electrons. The minimum atomic E-state index is 0.683. The molecule has 0 saturated heterocycles. The number of hydrogen-bond donors (Lipinski definition) is 1. The molecule has 0 atom stereocenters. The van der Waals surface area contributed by atoms with Crippen molar-refractivity contribution in [1.82, 2.24) is 9.88 Å². The second kappa shape index (κ2) is 6.14. The zero-order chi connectivity index (χ0) is 15.5. The van der Waals surface area contributed by atoms with Crippen molar-refractivity contribution in [2.75, 3.05) is 13.6 Å². The second-order valence-electron chi connectivity index (χ2n) is 5.60. The van der Waals surface area contributed by atoms with Gasteiger partial charge in [-0.25, -0.2) is 4.98 Å². The number of aromatic nitrogens is 1. The highest BCUT2D eigenvalue weighted by molar-refractivity contribution is 5.97. The van der Waals surface area contributed by atoms with Crippen LogP contribution < -0.4 is 0 Å². The van der Waals surface area contributed by atoms with Crippen LogP contribution in [0.25, 0.3) is 21.8 Å². The van der Waals surface area contributed by atoms with E-state index in [4.69, 9.17) is 10.4 Å². The summed E-state index contributed by atoms with van der Waals surface area (Å²) in [5, 5.41) is 10.4. The van der Waals surface area contributed by atoms with E-state index in [2.05, 4.69) is 36.4 Å². The molecule has 3 heteroatoms. The molecular weight excluding hydrogens is 270 g/mol. The molecule has 22 heavy (non-hydrogen) atoms. The van der Waals surface area contributed by atoms with Gasteiger partial charge in [0.25, 0.3) is 0 Å². The highest BCUT2D eigenvalue weighted by Crippen LogP contribution is 2.26. The van der Waals surface area contributed by atoms with Crippen molar-refractivity contribution in [3.63, 3.8) is 0 Å². The summed E-state index contributed by atoms with van der Waals surface area (Å²) in [6.07, 6.45) is 1.69. The van der Waals surface area contributed by atoms with E-state index in [1.165, 1.54) is 16.3 Å². The van der Waals surface area contributed by atoms with Crippen LogP contribution in [0.5, 0.6) is 0 Å². The minimum absolute atomic E-state index is 0.683. The Hall–Kier alpha value is -2.42. The van der Waals surface area contributed by atoms with Crippen LogP contribution in [0.4, 0.5) is 0 Å². The quantitative estimate of drug-likeness (QED) is 0.443. The molecule has 3 rings (SSSR count). The average molecular weight is 291 g/mol. The van der Waals surface area contributed by atoms with E-state index in [-0.39, 0.29) is 0 Å². The van der Waals surface area contributed by atoms with E-state index in [1.807, 2.05) is 31.0 Å². The van der Waals surface area contributed by atoms with Crippen LogP contribution in [-0.4, -0.2) is 29.3 Å². The molecule has 112 valence electrons. The monoisotopic (exact) mass is 291 g/mol. The van der Waals surface area contributed by atoms with E-state index < -0.39 is 0 Å². The maximum atomic E-state index is 7.95. The van der Waals surface area contributed by atoms with Gasteiger partial charge >= 0.3 is 0 Å². The molecule has 3 nitrogen and oxygen atoms in total. The van der Waals surface area contributed by atoms with Crippen LogP contribution in [0.2, 0.25) is 0 Å². The molecule has 0 saturated carbocycles. The van der Waals surface area contributed by atoms with Gasteiger partial charge in [0.2, 0.25) is 0 Å². The van der Waals surface area contributed by atoms with Crippen LogP contribution >= 0.6 is 0 Å². The Morgan fingerprint density at radius 3 is 2.09 bits per heavy atom. The lowest BCUT2D eigenvalue weighted by molar-refractivity contribution is 0.496. The van der Waals surface area contributed by atoms with Gasteiger partial charge in [0, 0.05) is 30.8 Å². The normalized spacial score (nSPS) is 11.0. The van der Waals surface area contributed by atoms with Crippen LogP contribution in [0, 0.1) is 5.41 Å². The molecular formula is C19H21N3. The van der Waals surface area contributed by atoms with Crippen molar-refractivity contribution < 1.29 is 0 Å². The largest absolute Gasteiger partial charge is 0.363 e. The van der Waals surface area contributed by atoms with Gasteiger partial charge in [0.1, 0.15) is 0 Å². The number of hydrogen-bond acceptors (Lipinski definition) is 2. The first-order chi connectivity index (χ1) is 10.7. The average Bonchev–Trinajstić information content (AvgIpc) is 2.57. The van der Waals surface area contributed by atoms with Crippen molar-refractivity contribution in [3.05, 3.63) is 54.1 Å². The highest BCUT2D eigenvalue weighted by Gasteiger charge is 2.10. The van der Waals surface area contributed by atoms with Crippen molar-refractivity contribution in [2.24, 2.45) is 0 Å². The molecule has 0 aliphatic heterocycles. The summed E-state index contributed by atoms with van der Waals surface area (Å²) < 4.78 is 0. The number of nitrogens with one attached hydrogen (secondary N) is 1. The Kier molecular flexibility index (Phi) is 4.05. The smallest absolute Gasteiger partial charge is 0.0952 e. The van der Waals surface area contributed by atoms with Gasteiger partial charge in [-0.05, 0) is 24.1 Å². The molecule has 0 fully saturated rings. The molecule has 0 amide bonds. The van der Waals surface area contributed by atoms with Crippen molar-refractivity contribution >= 4 is 27.6 Å². The highest BCUT2D eigenvalue weighted by atomic mass is 15.1. The van der Waals surface area contributed by atoms with Gasteiger partial charge in [0.05, 0.1) is 16.9 Å². The minimum Gasteiger partial charge on any atom is -0.363 e. The Balaban J connectivity index is 2.06. The van der Waals surface area contributed by atoms with Crippen LogP contribution in [0.3, 0.4) is 0 Å². The van der Waals surface area contributed by atoms with Crippen LogP contribution in [-0.2, 0) is 6.42 Å². The van der Waals surface area contributed by atoms with Crippen LogP contribution in [0.1, 0.15) is 18.9 Å². The van der Waals surface area contributed by atoms with Gasteiger partial charge in [-0.1, -0.05) is 43.3 Å². The fourth-order valence-corrected chi connectivity index (χ4v) is 2.88. The summed E-state index contributed by atoms with van der Waals surface area (Å²) in [6, 6.07) is 16.6. The predicted octanol–water partition coefficient (Wildman–Crippen LogP) is 4.25.